The van der Waals surface area contributed by atoms with Crippen LogP contribution in [0.2, 0.25) is 0 Å². The highest BCUT2D eigenvalue weighted by Crippen LogP contribution is 2.30. The molecule has 0 aliphatic heterocycles. The first-order valence-electron chi connectivity index (χ1n) is 6.51. The Balaban J connectivity index is 2.74. The number of hydrogen-bond acceptors (Lipinski definition) is 4. The van der Waals surface area contributed by atoms with Crippen LogP contribution in [0.15, 0.2) is 18.2 Å². The molecule has 1 amide bonds. The van der Waals surface area contributed by atoms with Gasteiger partial charge >= 0.3 is 0 Å². The first-order valence-corrected chi connectivity index (χ1v) is 6.51. The first-order chi connectivity index (χ1) is 9.21. The molecule has 0 radical (unpaired) electrons. The lowest BCUT2D eigenvalue weighted by Crippen LogP contribution is -2.12. The van der Waals surface area contributed by atoms with Crippen LogP contribution in [0.25, 0.3) is 0 Å². The molecule has 5 nitrogen and oxygen atoms in total. The lowest BCUT2D eigenvalue weighted by atomic mass is 10.2. The fourth-order valence-electron chi connectivity index (χ4n) is 1.59. The third-order valence-corrected chi connectivity index (χ3v) is 2.39. The van der Waals surface area contributed by atoms with Gasteiger partial charge in [-0.25, -0.2) is 0 Å². The van der Waals surface area contributed by atoms with E-state index in [9.17, 15) is 4.79 Å². The summed E-state index contributed by atoms with van der Waals surface area (Å²) >= 11 is 0. The van der Waals surface area contributed by atoms with Crippen molar-refractivity contribution in [1.82, 2.24) is 0 Å². The Kier molecular flexibility index (Phi) is 6.74. The summed E-state index contributed by atoms with van der Waals surface area (Å²) in [6.07, 6.45) is 0.759. The Labute approximate surface area is 113 Å². The van der Waals surface area contributed by atoms with E-state index in [1.54, 1.807) is 18.2 Å². The number of benzene rings is 1. The second kappa shape index (κ2) is 8.37. The average Bonchev–Trinajstić information content (AvgIpc) is 2.40. The Hall–Kier alpha value is -1.75. The standard InChI is InChI=1S/C14H21NO4/c1-3-18-12-8-7-11(10-13(12)19-4-2)15-14(17)6-5-9-16/h7-8,10,16H,3-6,9H2,1-2H3,(H,15,17). The number of aliphatic hydroxyl groups is 1. The molecule has 0 unspecified atom stereocenters. The minimum absolute atomic E-state index is 0.0148. The van der Waals surface area contributed by atoms with Crippen molar-refractivity contribution in [2.24, 2.45) is 0 Å². The van der Waals surface area contributed by atoms with Gasteiger partial charge in [-0.05, 0) is 32.4 Å². The van der Waals surface area contributed by atoms with Crippen molar-refractivity contribution in [1.29, 1.82) is 0 Å². The minimum atomic E-state index is -0.124. The second-order valence-electron chi connectivity index (χ2n) is 3.90. The minimum Gasteiger partial charge on any atom is -0.490 e. The number of carbonyl (C=O) groups is 1. The Morgan fingerprint density at radius 3 is 2.53 bits per heavy atom. The summed E-state index contributed by atoms with van der Waals surface area (Å²) in [4.78, 5) is 11.6. The van der Waals surface area contributed by atoms with E-state index in [2.05, 4.69) is 5.32 Å². The molecule has 0 saturated carbocycles. The number of aliphatic hydroxyl groups excluding tert-OH is 1. The molecule has 106 valence electrons. The number of ether oxygens (including phenoxy) is 2. The monoisotopic (exact) mass is 267 g/mol. The molecule has 0 bridgehead atoms. The molecular weight excluding hydrogens is 246 g/mol. The van der Waals surface area contributed by atoms with Gasteiger partial charge < -0.3 is 19.9 Å². The largest absolute Gasteiger partial charge is 0.490 e. The van der Waals surface area contributed by atoms with Crippen LogP contribution in [0.3, 0.4) is 0 Å². The van der Waals surface area contributed by atoms with Gasteiger partial charge in [0.1, 0.15) is 0 Å². The lowest BCUT2D eigenvalue weighted by Gasteiger charge is -2.13. The van der Waals surface area contributed by atoms with Crippen LogP contribution in [0.4, 0.5) is 5.69 Å². The van der Waals surface area contributed by atoms with Crippen molar-refractivity contribution in [3.8, 4) is 11.5 Å². The summed E-state index contributed by atoms with van der Waals surface area (Å²) in [5, 5.41) is 11.4. The molecule has 0 aliphatic carbocycles. The predicted molar refractivity (Wildman–Crippen MR) is 73.7 cm³/mol. The third-order valence-electron chi connectivity index (χ3n) is 2.39. The van der Waals surface area contributed by atoms with Gasteiger partial charge in [-0.3, -0.25) is 4.79 Å². The first kappa shape index (κ1) is 15.3. The Morgan fingerprint density at radius 2 is 1.89 bits per heavy atom. The van der Waals surface area contributed by atoms with Gasteiger partial charge in [-0.2, -0.15) is 0 Å². The molecule has 0 aliphatic rings. The number of anilines is 1. The second-order valence-corrected chi connectivity index (χ2v) is 3.90. The van der Waals surface area contributed by atoms with E-state index in [0.717, 1.165) is 0 Å². The summed E-state index contributed by atoms with van der Waals surface area (Å²) in [7, 11) is 0. The molecule has 1 aromatic rings. The molecule has 0 spiro atoms. The lowest BCUT2D eigenvalue weighted by molar-refractivity contribution is -0.116. The van der Waals surface area contributed by atoms with E-state index >= 15 is 0 Å². The average molecular weight is 267 g/mol. The van der Waals surface area contributed by atoms with Gasteiger partial charge in [0, 0.05) is 24.8 Å². The van der Waals surface area contributed by atoms with Crippen molar-refractivity contribution >= 4 is 11.6 Å². The SMILES string of the molecule is CCOc1ccc(NC(=O)CCCO)cc1OCC. The molecule has 1 rings (SSSR count). The fourth-order valence-corrected chi connectivity index (χ4v) is 1.59. The summed E-state index contributed by atoms with van der Waals surface area (Å²) in [6.45, 7) is 4.90. The van der Waals surface area contributed by atoms with Crippen LogP contribution < -0.4 is 14.8 Å². The molecule has 1 aromatic carbocycles. The third kappa shape index (κ3) is 5.18. The molecule has 0 heterocycles. The predicted octanol–water partition coefficient (Wildman–Crippen LogP) is 2.20. The van der Waals surface area contributed by atoms with E-state index < -0.39 is 0 Å². The van der Waals surface area contributed by atoms with Crippen molar-refractivity contribution in [3.05, 3.63) is 18.2 Å². The quantitative estimate of drug-likeness (QED) is 0.757. The normalized spacial score (nSPS) is 10.1. The van der Waals surface area contributed by atoms with Gasteiger partial charge in [0.25, 0.3) is 0 Å². The maximum Gasteiger partial charge on any atom is 0.224 e. The van der Waals surface area contributed by atoms with Crippen molar-refractivity contribution < 1.29 is 19.4 Å². The van der Waals surface area contributed by atoms with Gasteiger partial charge in [0.15, 0.2) is 11.5 Å². The van der Waals surface area contributed by atoms with Crippen molar-refractivity contribution in [2.45, 2.75) is 26.7 Å². The van der Waals surface area contributed by atoms with Crippen LogP contribution >= 0.6 is 0 Å². The van der Waals surface area contributed by atoms with Gasteiger partial charge in [-0.1, -0.05) is 0 Å². The Bertz CT molecular complexity index is 406. The maximum atomic E-state index is 11.6. The van der Waals surface area contributed by atoms with Crippen molar-refractivity contribution in [3.63, 3.8) is 0 Å². The highest BCUT2D eigenvalue weighted by atomic mass is 16.5. The van der Waals surface area contributed by atoms with Crippen molar-refractivity contribution in [2.75, 3.05) is 25.1 Å². The molecule has 0 atom stereocenters. The number of hydrogen-bond donors (Lipinski definition) is 2. The van der Waals surface area contributed by atoms with E-state index in [-0.39, 0.29) is 12.5 Å². The van der Waals surface area contributed by atoms with Gasteiger partial charge in [0.2, 0.25) is 5.91 Å². The molecule has 2 N–H and O–H groups in total. The van der Waals surface area contributed by atoms with Crippen LogP contribution in [-0.4, -0.2) is 30.8 Å². The zero-order chi connectivity index (χ0) is 14.1. The zero-order valence-corrected chi connectivity index (χ0v) is 11.4. The summed E-state index contributed by atoms with van der Waals surface area (Å²) in [6, 6.07) is 5.28. The molecule has 5 heteroatoms. The summed E-state index contributed by atoms with van der Waals surface area (Å²) in [5.41, 5.74) is 0.662. The highest BCUT2D eigenvalue weighted by molar-refractivity contribution is 5.91. The smallest absolute Gasteiger partial charge is 0.224 e. The Morgan fingerprint density at radius 1 is 1.21 bits per heavy atom. The van der Waals surface area contributed by atoms with Crippen LogP contribution in [0, 0.1) is 0 Å². The van der Waals surface area contributed by atoms with E-state index in [1.165, 1.54) is 0 Å². The maximum absolute atomic E-state index is 11.6. The molecular formula is C14H21NO4. The number of nitrogens with one attached hydrogen (secondary N) is 1. The van der Waals surface area contributed by atoms with Crippen LogP contribution in [0.1, 0.15) is 26.7 Å². The molecule has 0 saturated heterocycles. The number of rotatable bonds is 8. The number of carbonyl (C=O) groups excluding carboxylic acids is 1. The van der Waals surface area contributed by atoms with Crippen LogP contribution in [0.5, 0.6) is 11.5 Å². The topological polar surface area (TPSA) is 67.8 Å². The zero-order valence-electron chi connectivity index (χ0n) is 11.4. The van der Waals surface area contributed by atoms with E-state index in [4.69, 9.17) is 14.6 Å². The summed E-state index contributed by atoms with van der Waals surface area (Å²) < 4.78 is 10.9. The fraction of sp³-hybridized carbons (Fsp3) is 0.500. The molecule has 0 fully saturated rings. The van der Waals surface area contributed by atoms with E-state index in [1.807, 2.05) is 13.8 Å². The summed E-state index contributed by atoms with van der Waals surface area (Å²) in [5.74, 6) is 1.16. The van der Waals surface area contributed by atoms with Crippen LogP contribution in [-0.2, 0) is 4.79 Å². The van der Waals surface area contributed by atoms with E-state index in [0.29, 0.717) is 43.2 Å². The number of amides is 1. The molecule has 0 aromatic heterocycles. The van der Waals surface area contributed by atoms with Gasteiger partial charge in [0.05, 0.1) is 13.2 Å². The van der Waals surface area contributed by atoms with Gasteiger partial charge in [-0.15, -0.1) is 0 Å². The highest BCUT2D eigenvalue weighted by Gasteiger charge is 2.08. The molecule has 19 heavy (non-hydrogen) atoms.